The minimum Gasteiger partial charge on any atom is -0.399 e. The molecular weight excluding hydrogens is 392 g/mol. The third-order valence-corrected chi connectivity index (χ3v) is 4.04. The lowest BCUT2D eigenvalue weighted by Gasteiger charge is -2.01. The van der Waals surface area contributed by atoms with E-state index in [-0.39, 0.29) is 0 Å². The van der Waals surface area contributed by atoms with Gasteiger partial charge in [0.25, 0.3) is 0 Å². The third-order valence-electron chi connectivity index (χ3n) is 3.05. The summed E-state index contributed by atoms with van der Waals surface area (Å²) in [7, 11) is 0. The lowest BCUT2D eigenvalue weighted by Crippen LogP contribution is -1.91. The minimum atomic E-state index is 0.774. The summed E-state index contributed by atoms with van der Waals surface area (Å²) in [5.74, 6) is 0. The molecule has 0 saturated carbocycles. The molecule has 2 aromatic carbocycles. The van der Waals surface area contributed by atoms with Crippen molar-refractivity contribution in [3.63, 3.8) is 0 Å². The van der Waals surface area contributed by atoms with Crippen LogP contribution in [0.15, 0.2) is 45.3 Å². The van der Waals surface area contributed by atoms with Crippen LogP contribution in [0.5, 0.6) is 0 Å². The van der Waals surface area contributed by atoms with Crippen molar-refractivity contribution in [2.24, 2.45) is 0 Å². The molecular formula is C17H18Br2N2. The van der Waals surface area contributed by atoms with Crippen LogP contribution in [0.3, 0.4) is 0 Å². The predicted molar refractivity (Wildman–Crippen MR) is 96.2 cm³/mol. The highest BCUT2D eigenvalue weighted by molar-refractivity contribution is 9.10. The van der Waals surface area contributed by atoms with Crippen LogP contribution in [0.4, 0.5) is 5.69 Å². The molecule has 0 aromatic heterocycles. The van der Waals surface area contributed by atoms with Crippen molar-refractivity contribution >= 4 is 37.5 Å². The number of hydrogen-bond donors (Lipinski definition) is 1. The highest BCUT2D eigenvalue weighted by atomic mass is 79.9. The van der Waals surface area contributed by atoms with Crippen LogP contribution in [0, 0.1) is 11.3 Å². The van der Waals surface area contributed by atoms with Crippen LogP contribution >= 0.6 is 31.9 Å². The van der Waals surface area contributed by atoms with E-state index < -0.39 is 0 Å². The average molecular weight is 410 g/mol. The molecule has 0 unspecified atom stereocenters. The van der Waals surface area contributed by atoms with Crippen molar-refractivity contribution in [1.29, 1.82) is 5.26 Å². The molecule has 2 nitrogen and oxygen atoms in total. The van der Waals surface area contributed by atoms with Gasteiger partial charge in [-0.25, -0.2) is 0 Å². The first-order valence-electron chi connectivity index (χ1n) is 6.74. The number of halogens is 2. The Morgan fingerprint density at radius 3 is 1.95 bits per heavy atom. The predicted octanol–water partition coefficient (Wildman–Crippen LogP) is 5.48. The first-order chi connectivity index (χ1) is 10.0. The third kappa shape index (κ3) is 5.53. The molecule has 0 saturated heterocycles. The van der Waals surface area contributed by atoms with Crippen LogP contribution in [-0.2, 0) is 12.8 Å². The van der Waals surface area contributed by atoms with Gasteiger partial charge in [-0.3, -0.25) is 0 Å². The van der Waals surface area contributed by atoms with Crippen LogP contribution < -0.4 is 5.73 Å². The number of nitrogens with two attached hydrogens (primary N) is 1. The Labute approximate surface area is 143 Å². The number of nitrogen functional groups attached to an aromatic ring is 1. The molecule has 0 heterocycles. The maximum atomic E-state index is 8.68. The van der Waals surface area contributed by atoms with Crippen molar-refractivity contribution in [2.45, 2.75) is 26.7 Å². The maximum Gasteiger partial charge on any atom is 0.0994 e. The smallest absolute Gasteiger partial charge is 0.0994 e. The number of hydrogen-bond acceptors (Lipinski definition) is 2. The van der Waals surface area contributed by atoms with E-state index in [4.69, 9.17) is 11.0 Å². The summed E-state index contributed by atoms with van der Waals surface area (Å²) in [5.41, 5.74) is 9.64. The second-order valence-corrected chi connectivity index (χ2v) is 6.29. The summed E-state index contributed by atoms with van der Waals surface area (Å²) in [6.45, 7) is 4.14. The molecule has 2 aromatic rings. The Morgan fingerprint density at radius 2 is 1.48 bits per heavy atom. The molecule has 0 aliphatic carbocycles. The standard InChI is InChI=1S/C9H8BrN.C8H10BrN/c1-2-7-5-9(10)4-3-8(7)6-11;1-2-6-5-7(9)3-4-8(6)10/h3-5H,2H2,1H3;3-5H,2,10H2,1H3. The first-order valence-corrected chi connectivity index (χ1v) is 8.32. The zero-order valence-electron chi connectivity index (χ0n) is 12.2. The second-order valence-electron chi connectivity index (χ2n) is 4.46. The lowest BCUT2D eigenvalue weighted by molar-refractivity contribution is 1.12. The Bertz CT molecular complexity index is 646. The Balaban J connectivity index is 0.000000211. The minimum absolute atomic E-state index is 0.774. The number of anilines is 1. The molecule has 4 heteroatoms. The van der Waals surface area contributed by atoms with E-state index in [0.717, 1.165) is 38.6 Å². The topological polar surface area (TPSA) is 49.8 Å². The normalized spacial score (nSPS) is 9.48. The van der Waals surface area contributed by atoms with Gasteiger partial charge >= 0.3 is 0 Å². The fourth-order valence-electron chi connectivity index (χ4n) is 1.84. The van der Waals surface area contributed by atoms with Crippen molar-refractivity contribution in [1.82, 2.24) is 0 Å². The summed E-state index contributed by atoms with van der Waals surface area (Å²) < 4.78 is 2.13. The number of rotatable bonds is 2. The van der Waals surface area contributed by atoms with Gasteiger partial charge in [0.1, 0.15) is 0 Å². The van der Waals surface area contributed by atoms with Crippen molar-refractivity contribution in [2.75, 3.05) is 5.73 Å². The van der Waals surface area contributed by atoms with Crippen molar-refractivity contribution < 1.29 is 0 Å². The number of aryl methyl sites for hydroxylation is 2. The summed E-state index contributed by atoms with van der Waals surface area (Å²) in [6.07, 6.45) is 1.90. The van der Waals surface area contributed by atoms with Crippen LogP contribution in [0.1, 0.15) is 30.5 Å². The highest BCUT2D eigenvalue weighted by Gasteiger charge is 1.98. The zero-order chi connectivity index (χ0) is 15.8. The maximum absolute atomic E-state index is 8.68. The monoisotopic (exact) mass is 408 g/mol. The van der Waals surface area contributed by atoms with Crippen LogP contribution in [-0.4, -0.2) is 0 Å². The largest absolute Gasteiger partial charge is 0.399 e. The van der Waals surface area contributed by atoms with Crippen molar-refractivity contribution in [3.05, 3.63) is 62.0 Å². The van der Waals surface area contributed by atoms with E-state index in [0.29, 0.717) is 0 Å². The molecule has 0 bridgehead atoms. The van der Waals surface area contributed by atoms with Gasteiger partial charge in [0.2, 0.25) is 0 Å². The van der Waals surface area contributed by atoms with Gasteiger partial charge < -0.3 is 5.73 Å². The van der Waals surface area contributed by atoms with E-state index in [2.05, 4.69) is 50.9 Å². The van der Waals surface area contributed by atoms with Gasteiger partial charge in [-0.2, -0.15) is 5.26 Å². The van der Waals surface area contributed by atoms with Gasteiger partial charge in [0.05, 0.1) is 11.6 Å². The van der Waals surface area contributed by atoms with Gasteiger partial charge in [0.15, 0.2) is 0 Å². The Hall–Kier alpha value is -1.31. The zero-order valence-corrected chi connectivity index (χ0v) is 15.3. The molecule has 0 fully saturated rings. The lowest BCUT2D eigenvalue weighted by atomic mass is 10.1. The fourth-order valence-corrected chi connectivity index (χ4v) is 2.66. The molecule has 0 amide bonds. The quantitative estimate of drug-likeness (QED) is 0.667. The number of benzene rings is 2. The Morgan fingerprint density at radius 1 is 0.952 bits per heavy atom. The summed E-state index contributed by atoms with van der Waals surface area (Å²) in [5, 5.41) is 8.68. The van der Waals surface area contributed by atoms with E-state index in [1.807, 2.05) is 37.3 Å². The van der Waals surface area contributed by atoms with Gasteiger partial charge in [0, 0.05) is 14.6 Å². The van der Waals surface area contributed by atoms with E-state index in [1.54, 1.807) is 0 Å². The van der Waals surface area contributed by atoms with Crippen LogP contribution in [0.25, 0.3) is 0 Å². The van der Waals surface area contributed by atoms with E-state index >= 15 is 0 Å². The summed E-state index contributed by atoms with van der Waals surface area (Å²) in [4.78, 5) is 0. The molecule has 2 rings (SSSR count). The summed E-state index contributed by atoms with van der Waals surface area (Å²) in [6, 6.07) is 13.8. The fraction of sp³-hybridized carbons (Fsp3) is 0.235. The Kier molecular flexibility index (Phi) is 7.49. The average Bonchev–Trinajstić information content (AvgIpc) is 2.50. The molecule has 0 radical (unpaired) electrons. The molecule has 0 spiro atoms. The second kappa shape index (κ2) is 8.86. The molecule has 110 valence electrons. The highest BCUT2D eigenvalue weighted by Crippen LogP contribution is 2.18. The number of nitrogens with zero attached hydrogens (tertiary/aromatic N) is 1. The van der Waals surface area contributed by atoms with Gasteiger partial charge in [-0.1, -0.05) is 45.7 Å². The summed E-state index contributed by atoms with van der Waals surface area (Å²) >= 11 is 6.74. The van der Waals surface area contributed by atoms with E-state index in [1.165, 1.54) is 5.56 Å². The van der Waals surface area contributed by atoms with E-state index in [9.17, 15) is 0 Å². The molecule has 21 heavy (non-hydrogen) atoms. The first kappa shape index (κ1) is 17.7. The van der Waals surface area contributed by atoms with Crippen molar-refractivity contribution in [3.8, 4) is 6.07 Å². The van der Waals surface area contributed by atoms with Gasteiger partial charge in [-0.05, 0) is 60.4 Å². The molecule has 0 aliphatic rings. The molecule has 0 atom stereocenters. The number of nitriles is 1. The molecule has 2 N–H and O–H groups in total. The molecule has 0 aliphatic heterocycles. The van der Waals surface area contributed by atoms with Crippen LogP contribution in [0.2, 0.25) is 0 Å². The van der Waals surface area contributed by atoms with Gasteiger partial charge in [-0.15, -0.1) is 0 Å². The SMILES string of the molecule is CCc1cc(Br)ccc1C#N.CCc1cc(Br)ccc1N.